The molecule has 1 aliphatic rings. The lowest BCUT2D eigenvalue weighted by Crippen LogP contribution is -2.22. The minimum absolute atomic E-state index is 0.0620. The van der Waals surface area contributed by atoms with Crippen molar-refractivity contribution < 1.29 is 28.5 Å². The molecule has 2 aromatic carbocycles. The molecule has 9 nitrogen and oxygen atoms in total. The highest BCUT2D eigenvalue weighted by atomic mass is 16.5. The second kappa shape index (κ2) is 9.78. The summed E-state index contributed by atoms with van der Waals surface area (Å²) in [5, 5.41) is 2.70. The third-order valence-electron chi connectivity index (χ3n) is 5.78. The first-order chi connectivity index (χ1) is 16.5. The summed E-state index contributed by atoms with van der Waals surface area (Å²) in [6.45, 7) is 0. The summed E-state index contributed by atoms with van der Waals surface area (Å²) in [4.78, 5) is 34.1. The number of Topliss-reactive ketones (excluding diaryl/α,β-unsaturated/α-hetero) is 1. The van der Waals surface area contributed by atoms with Crippen LogP contribution in [0, 0.1) is 0 Å². The van der Waals surface area contributed by atoms with Gasteiger partial charge in [-0.1, -0.05) is 0 Å². The molecule has 0 saturated carbocycles. The number of carbonyl (C=O) groups is 2. The zero-order chi connectivity index (χ0) is 24.2. The summed E-state index contributed by atoms with van der Waals surface area (Å²) in [5.41, 5.74) is 2.35. The van der Waals surface area contributed by atoms with Crippen molar-refractivity contribution in [2.24, 2.45) is 0 Å². The average Bonchev–Trinajstić information content (AvgIpc) is 2.87. The number of nitrogens with zero attached hydrogens (tertiary/aromatic N) is 2. The second-order valence-electron chi connectivity index (χ2n) is 7.72. The highest BCUT2D eigenvalue weighted by molar-refractivity contribution is 6.03. The molecule has 0 radical (unpaired) electrons. The van der Waals surface area contributed by atoms with Crippen LogP contribution >= 0.6 is 0 Å². The number of fused-ring (bicyclic) bond motifs is 1. The third-order valence-corrected chi connectivity index (χ3v) is 5.78. The number of hydrogen-bond acceptors (Lipinski definition) is 8. The molecule has 1 aliphatic carbocycles. The van der Waals surface area contributed by atoms with Gasteiger partial charge >= 0.3 is 0 Å². The molecule has 3 aromatic rings. The number of amides is 1. The van der Waals surface area contributed by atoms with E-state index in [1.54, 1.807) is 52.7 Å². The van der Waals surface area contributed by atoms with Gasteiger partial charge in [-0.3, -0.25) is 14.9 Å². The van der Waals surface area contributed by atoms with Crippen LogP contribution in [-0.2, 0) is 6.42 Å². The lowest BCUT2D eigenvalue weighted by Gasteiger charge is -2.24. The van der Waals surface area contributed by atoms with Gasteiger partial charge in [-0.15, -0.1) is 0 Å². The SMILES string of the molecule is COc1ccc(C(=O)Nc2ncc3c(n2)C[C@@H](c2cc(OC)c(OC)c(OC)c2)CC3=O)cc1. The molecule has 0 unspecified atom stereocenters. The highest BCUT2D eigenvalue weighted by Crippen LogP contribution is 2.42. The summed E-state index contributed by atoms with van der Waals surface area (Å²) >= 11 is 0. The Morgan fingerprint density at radius 1 is 0.941 bits per heavy atom. The molecule has 1 amide bonds. The molecule has 1 atom stereocenters. The van der Waals surface area contributed by atoms with Crippen LogP contribution in [0.2, 0.25) is 0 Å². The van der Waals surface area contributed by atoms with E-state index in [4.69, 9.17) is 18.9 Å². The maximum Gasteiger partial charge on any atom is 0.258 e. The highest BCUT2D eigenvalue weighted by Gasteiger charge is 2.30. The number of hydrogen-bond donors (Lipinski definition) is 1. The summed E-state index contributed by atoms with van der Waals surface area (Å²) in [5.74, 6) is 1.75. The van der Waals surface area contributed by atoms with E-state index in [1.807, 2.05) is 12.1 Å². The number of carbonyl (C=O) groups excluding carboxylic acids is 2. The first-order valence-electron chi connectivity index (χ1n) is 10.6. The number of ether oxygens (including phenoxy) is 4. The Bertz CT molecular complexity index is 1200. The molecule has 0 saturated heterocycles. The van der Waals surface area contributed by atoms with Crippen LogP contribution in [0.5, 0.6) is 23.0 Å². The first kappa shape index (κ1) is 23.0. The largest absolute Gasteiger partial charge is 0.497 e. The zero-order valence-corrected chi connectivity index (χ0v) is 19.4. The summed E-state index contributed by atoms with van der Waals surface area (Å²) in [6, 6.07) is 10.4. The minimum Gasteiger partial charge on any atom is -0.497 e. The van der Waals surface area contributed by atoms with Crippen molar-refractivity contribution in [2.75, 3.05) is 33.8 Å². The predicted molar refractivity (Wildman–Crippen MR) is 124 cm³/mol. The first-order valence-corrected chi connectivity index (χ1v) is 10.6. The molecule has 1 N–H and O–H groups in total. The van der Waals surface area contributed by atoms with Gasteiger partial charge in [-0.25, -0.2) is 9.97 Å². The van der Waals surface area contributed by atoms with E-state index in [1.165, 1.54) is 6.20 Å². The number of rotatable bonds is 7. The quantitative estimate of drug-likeness (QED) is 0.565. The standard InChI is InChI=1S/C25H25N3O6/c1-31-17-7-5-14(6-8-17)24(30)28-25-26-13-18-19(27-25)9-15(10-20(18)29)16-11-21(32-2)23(34-4)22(12-16)33-3/h5-8,11-13,15H,9-10H2,1-4H3,(H,26,27,28,30)/t15-/m1/s1. The third kappa shape index (κ3) is 4.50. The maximum absolute atomic E-state index is 12.9. The number of aromatic nitrogens is 2. The van der Waals surface area contributed by atoms with Gasteiger partial charge in [0.05, 0.1) is 39.7 Å². The fraction of sp³-hybridized carbons (Fsp3) is 0.280. The average molecular weight is 463 g/mol. The van der Waals surface area contributed by atoms with E-state index in [0.29, 0.717) is 52.7 Å². The molecule has 0 fully saturated rings. The van der Waals surface area contributed by atoms with Crippen LogP contribution < -0.4 is 24.3 Å². The maximum atomic E-state index is 12.9. The van der Waals surface area contributed by atoms with Crippen molar-refractivity contribution in [2.45, 2.75) is 18.8 Å². The molecule has 0 bridgehead atoms. The van der Waals surface area contributed by atoms with Gasteiger partial charge in [0, 0.05) is 18.2 Å². The van der Waals surface area contributed by atoms with E-state index in [2.05, 4.69) is 15.3 Å². The fourth-order valence-corrected chi connectivity index (χ4v) is 3.99. The fourth-order valence-electron chi connectivity index (χ4n) is 3.99. The summed E-state index contributed by atoms with van der Waals surface area (Å²) < 4.78 is 21.4. The van der Waals surface area contributed by atoms with Crippen molar-refractivity contribution >= 4 is 17.6 Å². The Kier molecular flexibility index (Phi) is 6.62. The normalized spacial score (nSPS) is 14.7. The van der Waals surface area contributed by atoms with Crippen LogP contribution in [0.15, 0.2) is 42.6 Å². The van der Waals surface area contributed by atoms with Crippen LogP contribution in [0.1, 0.15) is 44.3 Å². The van der Waals surface area contributed by atoms with Crippen molar-refractivity contribution in [3.05, 3.63) is 65.0 Å². The molecule has 0 spiro atoms. The van der Waals surface area contributed by atoms with E-state index in [-0.39, 0.29) is 23.6 Å². The number of ketones is 1. The zero-order valence-electron chi connectivity index (χ0n) is 19.4. The minimum atomic E-state index is -0.356. The lowest BCUT2D eigenvalue weighted by molar-refractivity contribution is 0.0962. The topological polar surface area (TPSA) is 109 Å². The Morgan fingerprint density at radius 3 is 2.21 bits per heavy atom. The predicted octanol–water partition coefficient (Wildman–Crippen LogP) is 3.68. The van der Waals surface area contributed by atoms with Crippen LogP contribution in [0.4, 0.5) is 5.95 Å². The van der Waals surface area contributed by atoms with Crippen molar-refractivity contribution in [3.63, 3.8) is 0 Å². The molecule has 1 aromatic heterocycles. The Morgan fingerprint density at radius 2 is 1.62 bits per heavy atom. The molecule has 34 heavy (non-hydrogen) atoms. The summed E-state index contributed by atoms with van der Waals surface area (Å²) in [6.07, 6.45) is 2.26. The van der Waals surface area contributed by atoms with E-state index in [9.17, 15) is 9.59 Å². The van der Waals surface area contributed by atoms with Crippen molar-refractivity contribution in [1.82, 2.24) is 9.97 Å². The number of benzene rings is 2. The molecule has 0 aliphatic heterocycles. The molecule has 176 valence electrons. The van der Waals surface area contributed by atoms with Gasteiger partial charge in [0.2, 0.25) is 11.7 Å². The van der Waals surface area contributed by atoms with Gasteiger partial charge in [-0.05, 0) is 54.3 Å². The molecule has 1 heterocycles. The monoisotopic (exact) mass is 463 g/mol. The van der Waals surface area contributed by atoms with E-state index >= 15 is 0 Å². The molecule has 4 rings (SSSR count). The van der Waals surface area contributed by atoms with Crippen LogP contribution in [-0.4, -0.2) is 50.1 Å². The number of methoxy groups -OCH3 is 4. The van der Waals surface area contributed by atoms with Gasteiger partial charge in [0.15, 0.2) is 17.3 Å². The number of nitrogens with one attached hydrogen (secondary N) is 1. The van der Waals surface area contributed by atoms with Gasteiger partial charge in [-0.2, -0.15) is 0 Å². The second-order valence-corrected chi connectivity index (χ2v) is 7.72. The molecular formula is C25H25N3O6. The van der Waals surface area contributed by atoms with Gasteiger partial charge in [0.25, 0.3) is 5.91 Å². The Balaban J connectivity index is 1.59. The molecular weight excluding hydrogens is 438 g/mol. The Hall–Kier alpha value is -4.14. The van der Waals surface area contributed by atoms with E-state index < -0.39 is 0 Å². The smallest absolute Gasteiger partial charge is 0.258 e. The Labute approximate surface area is 197 Å². The van der Waals surface area contributed by atoms with Gasteiger partial charge in [0.1, 0.15) is 5.75 Å². The van der Waals surface area contributed by atoms with Crippen LogP contribution in [0.25, 0.3) is 0 Å². The summed E-state index contributed by atoms with van der Waals surface area (Å²) in [7, 11) is 6.20. The van der Waals surface area contributed by atoms with Crippen molar-refractivity contribution in [1.29, 1.82) is 0 Å². The number of anilines is 1. The van der Waals surface area contributed by atoms with Crippen molar-refractivity contribution in [3.8, 4) is 23.0 Å². The van der Waals surface area contributed by atoms with Gasteiger partial charge < -0.3 is 18.9 Å². The van der Waals surface area contributed by atoms with Crippen LogP contribution in [0.3, 0.4) is 0 Å². The lowest BCUT2D eigenvalue weighted by atomic mass is 9.82. The van der Waals surface area contributed by atoms with E-state index in [0.717, 1.165) is 5.56 Å². The molecule has 9 heteroatoms.